The van der Waals surface area contributed by atoms with Crippen molar-refractivity contribution in [3.05, 3.63) is 42.7 Å². The molecule has 0 aliphatic rings. The SMILES string of the molecule is CCC(CC)(CO)NC(=O)Nc1ccccc1-n1cccn1. The molecule has 1 aromatic carbocycles. The number of hydrogen-bond acceptors (Lipinski definition) is 3. The minimum atomic E-state index is -0.593. The van der Waals surface area contributed by atoms with Gasteiger partial charge in [0.1, 0.15) is 0 Å². The minimum absolute atomic E-state index is 0.0891. The lowest BCUT2D eigenvalue weighted by atomic mass is 9.94. The summed E-state index contributed by atoms with van der Waals surface area (Å²) in [7, 11) is 0. The third-order valence-electron chi connectivity index (χ3n) is 3.94. The zero-order chi connectivity index (χ0) is 16.0. The fraction of sp³-hybridized carbons (Fsp3) is 0.375. The number of aromatic nitrogens is 2. The Morgan fingerprint density at radius 3 is 2.59 bits per heavy atom. The van der Waals surface area contributed by atoms with Crippen LogP contribution < -0.4 is 10.6 Å². The fourth-order valence-corrected chi connectivity index (χ4v) is 2.27. The van der Waals surface area contributed by atoms with E-state index < -0.39 is 5.54 Å². The Morgan fingerprint density at radius 1 is 1.27 bits per heavy atom. The van der Waals surface area contributed by atoms with Crippen LogP contribution in [0.3, 0.4) is 0 Å². The van der Waals surface area contributed by atoms with Crippen molar-refractivity contribution in [2.24, 2.45) is 0 Å². The zero-order valence-electron chi connectivity index (χ0n) is 12.9. The number of para-hydroxylation sites is 2. The molecule has 0 spiro atoms. The van der Waals surface area contributed by atoms with Gasteiger partial charge in [-0.3, -0.25) is 0 Å². The van der Waals surface area contributed by atoms with Crippen molar-refractivity contribution < 1.29 is 9.90 Å². The summed E-state index contributed by atoms with van der Waals surface area (Å²) in [5, 5.41) is 19.4. The lowest BCUT2D eigenvalue weighted by Gasteiger charge is -2.30. The van der Waals surface area contributed by atoms with Crippen LogP contribution in [0.1, 0.15) is 26.7 Å². The highest BCUT2D eigenvalue weighted by atomic mass is 16.3. The third-order valence-corrected chi connectivity index (χ3v) is 3.94. The van der Waals surface area contributed by atoms with E-state index in [1.165, 1.54) is 0 Å². The second-order valence-electron chi connectivity index (χ2n) is 5.19. The van der Waals surface area contributed by atoms with E-state index in [4.69, 9.17) is 0 Å². The van der Waals surface area contributed by atoms with Gasteiger partial charge >= 0.3 is 6.03 Å². The molecule has 2 amide bonds. The van der Waals surface area contributed by atoms with Gasteiger partial charge in [-0.2, -0.15) is 5.10 Å². The van der Waals surface area contributed by atoms with Crippen molar-refractivity contribution in [2.75, 3.05) is 11.9 Å². The summed E-state index contributed by atoms with van der Waals surface area (Å²) in [5.41, 5.74) is 0.845. The number of urea groups is 1. The van der Waals surface area contributed by atoms with Gasteiger partial charge in [-0.05, 0) is 31.0 Å². The van der Waals surface area contributed by atoms with Gasteiger partial charge in [0.15, 0.2) is 0 Å². The Hall–Kier alpha value is -2.34. The summed E-state index contributed by atoms with van der Waals surface area (Å²) in [4.78, 5) is 12.3. The number of nitrogens with one attached hydrogen (secondary N) is 2. The monoisotopic (exact) mass is 302 g/mol. The number of amides is 2. The lowest BCUT2D eigenvalue weighted by Crippen LogP contribution is -2.52. The minimum Gasteiger partial charge on any atom is -0.394 e. The number of aliphatic hydroxyl groups is 1. The molecule has 0 saturated carbocycles. The summed E-state index contributed by atoms with van der Waals surface area (Å²) in [6.07, 6.45) is 4.82. The topological polar surface area (TPSA) is 79.2 Å². The Labute approximate surface area is 130 Å². The molecule has 0 radical (unpaired) electrons. The predicted octanol–water partition coefficient (Wildman–Crippen LogP) is 2.54. The standard InChI is InChI=1S/C16H22N4O2/c1-3-16(4-2,12-21)19-15(22)18-13-8-5-6-9-14(13)20-11-7-10-17-20/h5-11,21H,3-4,12H2,1-2H3,(H2,18,19,22). The summed E-state index contributed by atoms with van der Waals surface area (Å²) in [6.45, 7) is 3.80. The number of aliphatic hydroxyl groups excluding tert-OH is 1. The first-order valence-corrected chi connectivity index (χ1v) is 7.43. The number of rotatable bonds is 6. The molecule has 0 atom stereocenters. The molecule has 0 unspecified atom stereocenters. The highest BCUT2D eigenvalue weighted by molar-refractivity contribution is 5.92. The summed E-state index contributed by atoms with van der Waals surface area (Å²) < 4.78 is 1.69. The van der Waals surface area contributed by atoms with E-state index in [2.05, 4.69) is 15.7 Å². The van der Waals surface area contributed by atoms with Crippen LogP contribution >= 0.6 is 0 Å². The molecular formula is C16H22N4O2. The van der Waals surface area contributed by atoms with Crippen molar-refractivity contribution >= 4 is 11.7 Å². The van der Waals surface area contributed by atoms with Gasteiger partial charge < -0.3 is 15.7 Å². The van der Waals surface area contributed by atoms with Gasteiger partial charge in [0.05, 0.1) is 23.5 Å². The van der Waals surface area contributed by atoms with Crippen LogP contribution in [-0.2, 0) is 0 Å². The van der Waals surface area contributed by atoms with Gasteiger partial charge in [-0.1, -0.05) is 26.0 Å². The van der Waals surface area contributed by atoms with Crippen molar-refractivity contribution in [3.8, 4) is 5.69 Å². The summed E-state index contributed by atoms with van der Waals surface area (Å²) in [5.74, 6) is 0. The van der Waals surface area contributed by atoms with E-state index in [0.717, 1.165) is 5.69 Å². The first-order chi connectivity index (χ1) is 10.6. The van der Waals surface area contributed by atoms with E-state index in [0.29, 0.717) is 18.5 Å². The van der Waals surface area contributed by atoms with Crippen molar-refractivity contribution in [2.45, 2.75) is 32.2 Å². The normalized spacial score (nSPS) is 11.2. The molecule has 0 fully saturated rings. The van der Waals surface area contributed by atoms with Crippen LogP contribution in [0.25, 0.3) is 5.69 Å². The first-order valence-electron chi connectivity index (χ1n) is 7.43. The lowest BCUT2D eigenvalue weighted by molar-refractivity contribution is 0.155. The van der Waals surface area contributed by atoms with E-state index in [-0.39, 0.29) is 12.6 Å². The van der Waals surface area contributed by atoms with E-state index >= 15 is 0 Å². The molecule has 22 heavy (non-hydrogen) atoms. The predicted molar refractivity (Wildman–Crippen MR) is 86.1 cm³/mol. The molecule has 0 saturated heterocycles. The Morgan fingerprint density at radius 2 is 2.00 bits per heavy atom. The number of benzene rings is 1. The van der Waals surface area contributed by atoms with Gasteiger partial charge in [-0.25, -0.2) is 9.48 Å². The zero-order valence-corrected chi connectivity index (χ0v) is 12.9. The molecule has 118 valence electrons. The van der Waals surface area contributed by atoms with Crippen LogP contribution in [0.4, 0.5) is 10.5 Å². The van der Waals surface area contributed by atoms with Crippen LogP contribution in [0.5, 0.6) is 0 Å². The maximum absolute atomic E-state index is 12.3. The smallest absolute Gasteiger partial charge is 0.319 e. The van der Waals surface area contributed by atoms with Gasteiger partial charge in [0, 0.05) is 12.4 Å². The Bertz CT molecular complexity index is 598. The van der Waals surface area contributed by atoms with Crippen LogP contribution in [0.2, 0.25) is 0 Å². The molecule has 3 N–H and O–H groups in total. The van der Waals surface area contributed by atoms with Crippen molar-refractivity contribution in [1.29, 1.82) is 0 Å². The number of nitrogens with zero attached hydrogens (tertiary/aromatic N) is 2. The average Bonchev–Trinajstić information content (AvgIpc) is 3.07. The van der Waals surface area contributed by atoms with Gasteiger partial charge in [0.25, 0.3) is 0 Å². The summed E-state index contributed by atoms with van der Waals surface area (Å²) >= 11 is 0. The molecule has 2 aromatic rings. The highest BCUT2D eigenvalue weighted by Gasteiger charge is 2.27. The fourth-order valence-electron chi connectivity index (χ4n) is 2.27. The van der Waals surface area contributed by atoms with Crippen LogP contribution in [-0.4, -0.2) is 33.1 Å². The first kappa shape index (κ1) is 16.0. The van der Waals surface area contributed by atoms with Gasteiger partial charge in [0.2, 0.25) is 0 Å². The second-order valence-corrected chi connectivity index (χ2v) is 5.19. The summed E-state index contributed by atoms with van der Waals surface area (Å²) in [6, 6.07) is 8.91. The largest absolute Gasteiger partial charge is 0.394 e. The van der Waals surface area contributed by atoms with E-state index in [9.17, 15) is 9.90 Å². The molecule has 1 heterocycles. The van der Waals surface area contributed by atoms with Gasteiger partial charge in [-0.15, -0.1) is 0 Å². The number of hydrogen-bond donors (Lipinski definition) is 3. The molecule has 0 bridgehead atoms. The molecule has 6 nitrogen and oxygen atoms in total. The van der Waals surface area contributed by atoms with Crippen LogP contribution in [0.15, 0.2) is 42.7 Å². The van der Waals surface area contributed by atoms with Crippen molar-refractivity contribution in [3.63, 3.8) is 0 Å². The molecule has 2 rings (SSSR count). The molecule has 0 aliphatic heterocycles. The number of anilines is 1. The number of carbonyl (C=O) groups is 1. The van der Waals surface area contributed by atoms with E-state index in [1.54, 1.807) is 10.9 Å². The average molecular weight is 302 g/mol. The Balaban J connectivity index is 2.16. The second kappa shape index (κ2) is 7.09. The highest BCUT2D eigenvalue weighted by Crippen LogP contribution is 2.20. The quantitative estimate of drug-likeness (QED) is 0.767. The van der Waals surface area contributed by atoms with E-state index in [1.807, 2.05) is 50.4 Å². The van der Waals surface area contributed by atoms with Crippen molar-refractivity contribution in [1.82, 2.24) is 15.1 Å². The number of carbonyl (C=O) groups excluding carboxylic acids is 1. The molecule has 1 aromatic heterocycles. The Kier molecular flexibility index (Phi) is 5.16. The third kappa shape index (κ3) is 3.46. The molecular weight excluding hydrogens is 280 g/mol. The molecule has 0 aliphatic carbocycles. The maximum atomic E-state index is 12.3. The maximum Gasteiger partial charge on any atom is 0.319 e. The molecule has 6 heteroatoms. The van der Waals surface area contributed by atoms with Crippen LogP contribution in [0, 0.1) is 0 Å².